The number of carbonyl (C=O) groups is 1. The van der Waals surface area contributed by atoms with Crippen LogP contribution in [0.3, 0.4) is 0 Å². The molecule has 14 heavy (non-hydrogen) atoms. The lowest BCUT2D eigenvalue weighted by Crippen LogP contribution is -2.04. The van der Waals surface area contributed by atoms with Crippen LogP contribution in [0.15, 0.2) is 18.2 Å². The van der Waals surface area contributed by atoms with Crippen LogP contribution in [0.1, 0.15) is 23.7 Å². The SMILES string of the molecule is CCC(=O)c1cccc(F)c1[N+](=O)[O-]. The highest BCUT2D eigenvalue weighted by Gasteiger charge is 2.23. The van der Waals surface area contributed by atoms with E-state index in [9.17, 15) is 19.3 Å². The summed E-state index contributed by atoms with van der Waals surface area (Å²) >= 11 is 0. The minimum Gasteiger partial charge on any atom is -0.294 e. The molecule has 0 amide bonds. The Morgan fingerprint density at radius 1 is 1.57 bits per heavy atom. The van der Waals surface area contributed by atoms with Crippen molar-refractivity contribution in [2.24, 2.45) is 0 Å². The van der Waals surface area contributed by atoms with E-state index in [4.69, 9.17) is 0 Å². The van der Waals surface area contributed by atoms with Crippen LogP contribution in [-0.2, 0) is 0 Å². The van der Waals surface area contributed by atoms with Crippen molar-refractivity contribution in [3.63, 3.8) is 0 Å². The number of hydrogen-bond donors (Lipinski definition) is 0. The number of carbonyl (C=O) groups excluding carboxylic acids is 1. The van der Waals surface area contributed by atoms with Crippen LogP contribution in [0.5, 0.6) is 0 Å². The van der Waals surface area contributed by atoms with Crippen molar-refractivity contribution in [3.05, 3.63) is 39.7 Å². The summed E-state index contributed by atoms with van der Waals surface area (Å²) in [4.78, 5) is 20.8. The molecule has 0 aromatic heterocycles. The van der Waals surface area contributed by atoms with Crippen molar-refractivity contribution in [2.45, 2.75) is 13.3 Å². The number of para-hydroxylation sites is 1. The van der Waals surface area contributed by atoms with E-state index in [2.05, 4.69) is 0 Å². The van der Waals surface area contributed by atoms with E-state index in [0.717, 1.165) is 6.07 Å². The Kier molecular flexibility index (Phi) is 2.91. The normalized spacial score (nSPS) is 9.86. The second kappa shape index (κ2) is 3.95. The van der Waals surface area contributed by atoms with Gasteiger partial charge in [0.25, 0.3) is 0 Å². The zero-order valence-corrected chi connectivity index (χ0v) is 7.49. The standard InChI is InChI=1S/C9H8FNO3/c1-2-8(12)6-4-3-5-7(10)9(6)11(13)14/h3-5H,2H2,1H3. The zero-order valence-electron chi connectivity index (χ0n) is 7.49. The van der Waals surface area contributed by atoms with Crippen LogP contribution in [-0.4, -0.2) is 10.7 Å². The number of hydrogen-bond acceptors (Lipinski definition) is 3. The predicted octanol–water partition coefficient (Wildman–Crippen LogP) is 2.33. The fraction of sp³-hybridized carbons (Fsp3) is 0.222. The van der Waals surface area contributed by atoms with Crippen LogP contribution < -0.4 is 0 Å². The minimum atomic E-state index is -0.977. The third-order valence-corrected chi connectivity index (χ3v) is 1.79. The molecular weight excluding hydrogens is 189 g/mol. The lowest BCUT2D eigenvalue weighted by Gasteiger charge is -2.00. The molecule has 0 aliphatic carbocycles. The molecule has 0 bridgehead atoms. The van der Waals surface area contributed by atoms with E-state index in [1.165, 1.54) is 12.1 Å². The number of rotatable bonds is 3. The van der Waals surface area contributed by atoms with Gasteiger partial charge in [0.15, 0.2) is 5.78 Å². The molecule has 0 aliphatic heterocycles. The quantitative estimate of drug-likeness (QED) is 0.424. The van der Waals surface area contributed by atoms with Crippen LogP contribution in [0.25, 0.3) is 0 Å². The Bertz CT molecular complexity index is 390. The third-order valence-electron chi connectivity index (χ3n) is 1.79. The summed E-state index contributed by atoms with van der Waals surface area (Å²) < 4.78 is 13.0. The molecule has 0 atom stereocenters. The Labute approximate surface area is 79.5 Å². The van der Waals surface area contributed by atoms with E-state index < -0.39 is 22.2 Å². The Hall–Kier alpha value is -1.78. The molecule has 0 saturated carbocycles. The predicted molar refractivity (Wildman–Crippen MR) is 47.7 cm³/mol. The molecule has 0 spiro atoms. The second-order valence-corrected chi connectivity index (χ2v) is 2.67. The van der Waals surface area contributed by atoms with E-state index in [1.54, 1.807) is 6.92 Å². The van der Waals surface area contributed by atoms with Crippen molar-refractivity contribution < 1.29 is 14.1 Å². The van der Waals surface area contributed by atoms with Gasteiger partial charge in [-0.05, 0) is 12.1 Å². The molecule has 0 saturated heterocycles. The monoisotopic (exact) mass is 197 g/mol. The van der Waals surface area contributed by atoms with Gasteiger partial charge in [0.05, 0.1) is 10.5 Å². The first kappa shape index (κ1) is 10.3. The van der Waals surface area contributed by atoms with Crippen molar-refractivity contribution >= 4 is 11.5 Å². The van der Waals surface area contributed by atoms with Gasteiger partial charge < -0.3 is 0 Å². The first-order chi connectivity index (χ1) is 6.57. The summed E-state index contributed by atoms with van der Waals surface area (Å²) in [5.41, 5.74) is -0.906. The van der Waals surface area contributed by atoms with E-state index in [1.807, 2.05) is 0 Å². The van der Waals surface area contributed by atoms with Crippen LogP contribution in [0.2, 0.25) is 0 Å². The van der Waals surface area contributed by atoms with Gasteiger partial charge in [-0.3, -0.25) is 14.9 Å². The van der Waals surface area contributed by atoms with Crippen LogP contribution in [0.4, 0.5) is 10.1 Å². The number of nitro groups is 1. The van der Waals surface area contributed by atoms with Crippen LogP contribution in [0, 0.1) is 15.9 Å². The molecule has 0 fully saturated rings. The molecule has 1 aromatic rings. The molecule has 5 heteroatoms. The molecular formula is C9H8FNO3. The van der Waals surface area contributed by atoms with E-state index >= 15 is 0 Å². The Balaban J connectivity index is 3.35. The molecule has 0 aliphatic rings. The average molecular weight is 197 g/mol. The number of halogens is 1. The average Bonchev–Trinajstić information content (AvgIpc) is 2.15. The van der Waals surface area contributed by atoms with Crippen molar-refractivity contribution in [2.75, 3.05) is 0 Å². The summed E-state index contributed by atoms with van der Waals surface area (Å²) in [6.07, 6.45) is 0.115. The zero-order chi connectivity index (χ0) is 10.7. The minimum absolute atomic E-state index is 0.115. The maximum atomic E-state index is 13.0. The maximum Gasteiger partial charge on any atom is 0.315 e. The van der Waals surface area contributed by atoms with Crippen molar-refractivity contribution in [1.29, 1.82) is 0 Å². The first-order valence-electron chi connectivity index (χ1n) is 4.04. The third kappa shape index (κ3) is 1.76. The van der Waals surface area contributed by atoms with E-state index in [0.29, 0.717) is 0 Å². The fourth-order valence-corrected chi connectivity index (χ4v) is 1.12. The summed E-state index contributed by atoms with van der Waals surface area (Å²) in [7, 11) is 0. The molecule has 1 aromatic carbocycles. The van der Waals surface area contributed by atoms with Gasteiger partial charge in [0, 0.05) is 6.42 Å². The van der Waals surface area contributed by atoms with Gasteiger partial charge in [-0.15, -0.1) is 0 Å². The van der Waals surface area contributed by atoms with E-state index in [-0.39, 0.29) is 12.0 Å². The number of nitro benzene ring substituents is 1. The van der Waals surface area contributed by atoms with Crippen molar-refractivity contribution in [3.8, 4) is 0 Å². The molecule has 0 N–H and O–H groups in total. The first-order valence-corrected chi connectivity index (χ1v) is 4.04. The molecule has 4 nitrogen and oxygen atoms in total. The number of ketones is 1. The molecule has 1 rings (SSSR count). The molecule has 0 unspecified atom stereocenters. The van der Waals surface area contributed by atoms with Gasteiger partial charge >= 0.3 is 5.69 Å². The van der Waals surface area contributed by atoms with Gasteiger partial charge in [-0.25, -0.2) is 0 Å². The number of benzene rings is 1. The largest absolute Gasteiger partial charge is 0.315 e. The topological polar surface area (TPSA) is 60.2 Å². The second-order valence-electron chi connectivity index (χ2n) is 2.67. The lowest BCUT2D eigenvalue weighted by atomic mass is 10.1. The van der Waals surface area contributed by atoms with Gasteiger partial charge in [0.2, 0.25) is 5.82 Å². The maximum absolute atomic E-state index is 13.0. The Morgan fingerprint density at radius 3 is 2.71 bits per heavy atom. The lowest BCUT2D eigenvalue weighted by molar-refractivity contribution is -0.387. The van der Waals surface area contributed by atoms with Gasteiger partial charge in [-0.2, -0.15) is 4.39 Å². The Morgan fingerprint density at radius 2 is 2.21 bits per heavy atom. The smallest absolute Gasteiger partial charge is 0.294 e. The summed E-state index contributed by atoms with van der Waals surface area (Å²) in [5.74, 6) is -1.41. The summed E-state index contributed by atoms with van der Waals surface area (Å²) in [6, 6.07) is 3.50. The summed E-state index contributed by atoms with van der Waals surface area (Å²) in [5, 5.41) is 10.5. The highest BCUT2D eigenvalue weighted by molar-refractivity contribution is 5.99. The number of Topliss-reactive ketones (excluding diaryl/α,β-unsaturated/α-hetero) is 1. The highest BCUT2D eigenvalue weighted by atomic mass is 19.1. The highest BCUT2D eigenvalue weighted by Crippen LogP contribution is 2.23. The molecule has 74 valence electrons. The molecule has 0 heterocycles. The summed E-state index contributed by atoms with van der Waals surface area (Å²) in [6.45, 7) is 1.57. The van der Waals surface area contributed by atoms with Crippen molar-refractivity contribution in [1.82, 2.24) is 0 Å². The fourth-order valence-electron chi connectivity index (χ4n) is 1.12. The molecule has 0 radical (unpaired) electrons. The van der Waals surface area contributed by atoms with Gasteiger partial charge in [-0.1, -0.05) is 13.0 Å². The van der Waals surface area contributed by atoms with Crippen LogP contribution >= 0.6 is 0 Å². The van der Waals surface area contributed by atoms with Gasteiger partial charge in [0.1, 0.15) is 0 Å². The number of nitrogens with zero attached hydrogens (tertiary/aromatic N) is 1.